The van der Waals surface area contributed by atoms with Crippen molar-refractivity contribution in [1.29, 1.82) is 0 Å². The number of aliphatic imine (C=N–C) groups is 1. The smallest absolute Gasteiger partial charge is 0.191 e. The first-order chi connectivity index (χ1) is 12.2. The predicted molar refractivity (Wildman–Crippen MR) is 103 cm³/mol. The van der Waals surface area contributed by atoms with Crippen molar-refractivity contribution in [2.75, 3.05) is 26.2 Å². The summed E-state index contributed by atoms with van der Waals surface area (Å²) in [6, 6.07) is 0.615. The Morgan fingerprint density at radius 2 is 2.08 bits per heavy atom. The molecule has 1 aromatic rings. The first-order valence-corrected chi connectivity index (χ1v) is 9.76. The van der Waals surface area contributed by atoms with Crippen LogP contribution in [0, 0.1) is 6.92 Å². The molecule has 0 spiro atoms. The summed E-state index contributed by atoms with van der Waals surface area (Å²) in [5, 5.41) is 15.3. The molecule has 0 aliphatic carbocycles. The summed E-state index contributed by atoms with van der Waals surface area (Å²) in [5.74, 6) is 2.70. The minimum Gasteiger partial charge on any atom is -0.356 e. The summed E-state index contributed by atoms with van der Waals surface area (Å²) in [6.45, 7) is 11.2. The topological polar surface area (TPSA) is 70.4 Å². The number of nitrogens with one attached hydrogen (secondary N) is 2. The third-order valence-corrected chi connectivity index (χ3v) is 5.04. The molecule has 2 N–H and O–H groups in total. The van der Waals surface area contributed by atoms with E-state index in [0.717, 1.165) is 37.2 Å². The molecule has 1 unspecified atom stereocenters. The number of likely N-dealkylation sites (tertiary alicyclic amines) is 1. The molecule has 1 aliphatic rings. The summed E-state index contributed by atoms with van der Waals surface area (Å²) in [4.78, 5) is 7.28. The van der Waals surface area contributed by atoms with E-state index in [4.69, 9.17) is 4.99 Å². The molecule has 0 aromatic carbocycles. The third kappa shape index (κ3) is 5.99. The van der Waals surface area contributed by atoms with E-state index >= 15 is 0 Å². The van der Waals surface area contributed by atoms with Gasteiger partial charge < -0.3 is 15.2 Å². The lowest BCUT2D eigenvalue weighted by Crippen LogP contribution is -2.45. The Kier molecular flexibility index (Phi) is 8.18. The third-order valence-electron chi connectivity index (χ3n) is 5.04. The average Bonchev–Trinajstić information content (AvgIpc) is 3.20. The molecule has 0 amide bonds. The number of nitrogens with zero attached hydrogens (tertiary/aromatic N) is 5. The monoisotopic (exact) mass is 349 g/mol. The Morgan fingerprint density at radius 3 is 2.76 bits per heavy atom. The molecule has 0 saturated carbocycles. The summed E-state index contributed by atoms with van der Waals surface area (Å²) >= 11 is 0. The molecule has 0 radical (unpaired) electrons. The van der Waals surface area contributed by atoms with E-state index in [9.17, 15) is 0 Å². The van der Waals surface area contributed by atoms with Crippen molar-refractivity contribution in [3.05, 3.63) is 11.6 Å². The second kappa shape index (κ2) is 10.4. The molecular formula is C18H35N7. The number of hydrogen-bond donors (Lipinski definition) is 2. The van der Waals surface area contributed by atoms with Gasteiger partial charge in [-0.2, -0.15) is 0 Å². The zero-order chi connectivity index (χ0) is 18.1. The molecule has 0 bridgehead atoms. The first-order valence-electron chi connectivity index (χ1n) is 9.76. The molecule has 142 valence electrons. The number of aryl methyl sites for hydroxylation is 1. The van der Waals surface area contributed by atoms with Crippen LogP contribution in [-0.2, 0) is 13.6 Å². The van der Waals surface area contributed by atoms with Crippen molar-refractivity contribution in [3.63, 3.8) is 0 Å². The fraction of sp³-hybridized carbons (Fsp3) is 0.833. The van der Waals surface area contributed by atoms with E-state index in [1.165, 1.54) is 38.6 Å². The number of unbranched alkanes of at least 4 members (excludes halogenated alkanes) is 2. The van der Waals surface area contributed by atoms with Crippen molar-refractivity contribution >= 4 is 5.96 Å². The standard InChI is InChI=1S/C18H35N7/c1-5-7-8-11-19-18(20-13-16-10-9-12-25(16)6-2)21-14-17-23-22-15(3)24(17)4/h16H,5-14H2,1-4H3,(H2,19,20,21). The number of likely N-dealkylation sites (N-methyl/N-ethyl adjacent to an activating group) is 1. The van der Waals surface area contributed by atoms with Crippen molar-refractivity contribution in [2.24, 2.45) is 12.0 Å². The van der Waals surface area contributed by atoms with Crippen LogP contribution < -0.4 is 10.6 Å². The van der Waals surface area contributed by atoms with Crippen LogP contribution in [0.4, 0.5) is 0 Å². The van der Waals surface area contributed by atoms with Gasteiger partial charge in [0.05, 0.1) is 0 Å². The van der Waals surface area contributed by atoms with E-state index in [1.54, 1.807) is 0 Å². The van der Waals surface area contributed by atoms with Gasteiger partial charge in [0.15, 0.2) is 11.8 Å². The molecule has 1 aliphatic heterocycles. The van der Waals surface area contributed by atoms with Gasteiger partial charge in [-0.25, -0.2) is 4.99 Å². The Balaban J connectivity index is 1.91. The highest BCUT2D eigenvalue weighted by Gasteiger charge is 2.22. The van der Waals surface area contributed by atoms with E-state index in [1.807, 2.05) is 18.5 Å². The second-order valence-electron chi connectivity index (χ2n) is 6.83. The zero-order valence-corrected chi connectivity index (χ0v) is 16.4. The van der Waals surface area contributed by atoms with Crippen molar-refractivity contribution in [2.45, 2.75) is 65.5 Å². The summed E-state index contributed by atoms with van der Waals surface area (Å²) < 4.78 is 1.99. The fourth-order valence-corrected chi connectivity index (χ4v) is 3.25. The molecule has 1 saturated heterocycles. The van der Waals surface area contributed by atoms with Crippen LogP contribution in [0.3, 0.4) is 0 Å². The SMILES string of the molecule is CCCCCNC(=NCc1nnc(C)n1C)NCC1CCCN1CC. The Bertz CT molecular complexity index is 538. The number of hydrogen-bond acceptors (Lipinski definition) is 4. The lowest BCUT2D eigenvalue weighted by atomic mass is 10.2. The van der Waals surface area contributed by atoms with Gasteiger partial charge in [0, 0.05) is 26.2 Å². The molecule has 7 nitrogen and oxygen atoms in total. The molecule has 1 fully saturated rings. The van der Waals surface area contributed by atoms with E-state index in [0.29, 0.717) is 12.6 Å². The van der Waals surface area contributed by atoms with Crippen LogP contribution in [-0.4, -0.2) is 57.8 Å². The fourth-order valence-electron chi connectivity index (χ4n) is 3.25. The van der Waals surface area contributed by atoms with Gasteiger partial charge in [0.2, 0.25) is 0 Å². The van der Waals surface area contributed by atoms with Crippen LogP contribution in [0.25, 0.3) is 0 Å². The minimum absolute atomic E-state index is 0.544. The van der Waals surface area contributed by atoms with Gasteiger partial charge in [-0.1, -0.05) is 26.7 Å². The molecule has 1 atom stereocenters. The van der Waals surface area contributed by atoms with E-state index in [-0.39, 0.29) is 0 Å². The normalized spacial score (nSPS) is 18.7. The van der Waals surface area contributed by atoms with Gasteiger partial charge >= 0.3 is 0 Å². The van der Waals surface area contributed by atoms with Crippen molar-refractivity contribution in [3.8, 4) is 0 Å². The Morgan fingerprint density at radius 1 is 1.24 bits per heavy atom. The van der Waals surface area contributed by atoms with Crippen LogP contribution in [0.1, 0.15) is 57.6 Å². The minimum atomic E-state index is 0.544. The first kappa shape index (κ1) is 19.7. The van der Waals surface area contributed by atoms with Crippen LogP contribution >= 0.6 is 0 Å². The maximum absolute atomic E-state index is 4.73. The van der Waals surface area contributed by atoms with E-state index < -0.39 is 0 Å². The van der Waals surface area contributed by atoms with Gasteiger partial charge in [-0.05, 0) is 39.3 Å². The van der Waals surface area contributed by atoms with Crippen LogP contribution in [0.2, 0.25) is 0 Å². The number of guanidine groups is 1. The van der Waals surface area contributed by atoms with Gasteiger partial charge in [0.25, 0.3) is 0 Å². The van der Waals surface area contributed by atoms with Crippen LogP contribution in [0.15, 0.2) is 4.99 Å². The lowest BCUT2D eigenvalue weighted by molar-refractivity contribution is 0.267. The summed E-state index contributed by atoms with van der Waals surface area (Å²) in [6.07, 6.45) is 6.22. The molecule has 25 heavy (non-hydrogen) atoms. The molecule has 2 rings (SSSR count). The Labute approximate surface area is 152 Å². The summed E-state index contributed by atoms with van der Waals surface area (Å²) in [7, 11) is 1.99. The van der Waals surface area contributed by atoms with Crippen LogP contribution in [0.5, 0.6) is 0 Å². The largest absolute Gasteiger partial charge is 0.356 e. The zero-order valence-electron chi connectivity index (χ0n) is 16.4. The van der Waals surface area contributed by atoms with Crippen molar-refractivity contribution in [1.82, 2.24) is 30.3 Å². The van der Waals surface area contributed by atoms with Gasteiger partial charge in [0.1, 0.15) is 12.4 Å². The van der Waals surface area contributed by atoms with Gasteiger partial charge in [-0.15, -0.1) is 10.2 Å². The molecule has 1 aromatic heterocycles. The number of rotatable bonds is 9. The molecule has 2 heterocycles. The molecule has 7 heteroatoms. The van der Waals surface area contributed by atoms with Crippen molar-refractivity contribution < 1.29 is 0 Å². The lowest BCUT2D eigenvalue weighted by Gasteiger charge is -2.24. The highest BCUT2D eigenvalue weighted by Crippen LogP contribution is 2.15. The molecular weight excluding hydrogens is 314 g/mol. The number of aromatic nitrogens is 3. The average molecular weight is 350 g/mol. The predicted octanol–water partition coefficient (Wildman–Crippen LogP) is 1.83. The van der Waals surface area contributed by atoms with E-state index in [2.05, 4.69) is 39.6 Å². The highest BCUT2D eigenvalue weighted by atomic mass is 15.3. The quantitative estimate of drug-likeness (QED) is 0.404. The second-order valence-corrected chi connectivity index (χ2v) is 6.83. The maximum atomic E-state index is 4.73. The highest BCUT2D eigenvalue weighted by molar-refractivity contribution is 5.79. The summed E-state index contributed by atoms with van der Waals surface area (Å²) in [5.41, 5.74) is 0. The Hall–Kier alpha value is -1.63. The van der Waals surface area contributed by atoms with Gasteiger partial charge in [-0.3, -0.25) is 4.90 Å². The maximum Gasteiger partial charge on any atom is 0.191 e.